The number of hydrogen-bond acceptors (Lipinski definition) is 3. The predicted octanol–water partition coefficient (Wildman–Crippen LogP) is 5.12. The highest BCUT2D eigenvalue weighted by Gasteiger charge is 2.04. The first-order chi connectivity index (χ1) is 9.65. The lowest BCUT2D eigenvalue weighted by molar-refractivity contribution is 0.806. The average molecular weight is 300 g/mol. The van der Waals surface area contributed by atoms with E-state index in [0.29, 0.717) is 6.67 Å². The Morgan fingerprint density at radius 2 is 1.95 bits per heavy atom. The van der Waals surface area contributed by atoms with Crippen LogP contribution in [-0.2, 0) is 6.67 Å². The van der Waals surface area contributed by atoms with Crippen molar-refractivity contribution in [3.8, 4) is 0 Å². The van der Waals surface area contributed by atoms with E-state index in [1.165, 1.54) is 21.3 Å². The number of benzene rings is 2. The molecule has 0 aliphatic carbocycles. The van der Waals surface area contributed by atoms with E-state index in [9.17, 15) is 0 Å². The van der Waals surface area contributed by atoms with Crippen LogP contribution in [0.3, 0.4) is 0 Å². The van der Waals surface area contributed by atoms with Gasteiger partial charge in [0, 0.05) is 5.69 Å². The number of nitrogens with one attached hydrogen (secondary N) is 1. The zero-order valence-corrected chi connectivity index (χ0v) is 13.1. The van der Waals surface area contributed by atoms with Crippen molar-refractivity contribution in [3.63, 3.8) is 0 Å². The highest BCUT2D eigenvalue weighted by molar-refractivity contribution is 7.73. The first-order valence-electron chi connectivity index (χ1n) is 6.54. The van der Waals surface area contributed by atoms with Crippen molar-refractivity contribution in [1.82, 2.24) is 4.57 Å². The summed E-state index contributed by atoms with van der Waals surface area (Å²) < 4.78 is 4.29. The van der Waals surface area contributed by atoms with Crippen molar-refractivity contribution in [2.24, 2.45) is 0 Å². The fourth-order valence-corrected chi connectivity index (χ4v) is 3.66. The molecule has 1 heterocycles. The van der Waals surface area contributed by atoms with E-state index in [1.807, 2.05) is 0 Å². The minimum atomic E-state index is 0.701. The van der Waals surface area contributed by atoms with Gasteiger partial charge in [-0.15, -0.1) is 11.3 Å². The molecule has 0 bridgehead atoms. The van der Waals surface area contributed by atoms with Gasteiger partial charge >= 0.3 is 0 Å². The molecule has 0 aliphatic rings. The van der Waals surface area contributed by atoms with Gasteiger partial charge in [0.1, 0.15) is 0 Å². The third-order valence-electron chi connectivity index (χ3n) is 3.38. The molecule has 1 N–H and O–H groups in total. The summed E-state index contributed by atoms with van der Waals surface area (Å²) in [5.74, 6) is 0. The molecule has 0 spiro atoms. The number of anilines is 1. The molecule has 0 atom stereocenters. The second kappa shape index (κ2) is 5.38. The van der Waals surface area contributed by atoms with Crippen molar-refractivity contribution in [3.05, 3.63) is 57.5 Å². The Morgan fingerprint density at radius 3 is 2.75 bits per heavy atom. The number of aromatic nitrogens is 1. The van der Waals surface area contributed by atoms with Crippen LogP contribution in [0.5, 0.6) is 0 Å². The van der Waals surface area contributed by atoms with Crippen LogP contribution in [-0.4, -0.2) is 4.57 Å². The van der Waals surface area contributed by atoms with E-state index in [4.69, 9.17) is 12.2 Å². The van der Waals surface area contributed by atoms with Crippen molar-refractivity contribution >= 4 is 39.5 Å². The molecule has 3 aromatic rings. The Hall–Kier alpha value is -1.65. The van der Waals surface area contributed by atoms with Crippen molar-refractivity contribution < 1.29 is 0 Å². The zero-order chi connectivity index (χ0) is 14.1. The van der Waals surface area contributed by atoms with E-state index >= 15 is 0 Å². The van der Waals surface area contributed by atoms with Crippen molar-refractivity contribution in [1.29, 1.82) is 0 Å². The van der Waals surface area contributed by atoms with E-state index in [2.05, 4.69) is 66.2 Å². The molecule has 0 radical (unpaired) electrons. The minimum Gasteiger partial charge on any atom is -0.367 e. The second-order valence-electron chi connectivity index (χ2n) is 4.92. The summed E-state index contributed by atoms with van der Waals surface area (Å²) in [4.78, 5) is 0. The topological polar surface area (TPSA) is 17.0 Å². The SMILES string of the molecule is Cc1ccc(NCn2c(=S)sc3ccccc32)c(C)c1. The maximum absolute atomic E-state index is 5.46. The molecule has 2 aromatic carbocycles. The first-order valence-corrected chi connectivity index (χ1v) is 7.77. The van der Waals surface area contributed by atoms with Gasteiger partial charge in [-0.3, -0.25) is 0 Å². The fraction of sp³-hybridized carbons (Fsp3) is 0.188. The smallest absolute Gasteiger partial charge is 0.163 e. The Labute approximate surface area is 127 Å². The summed E-state index contributed by atoms with van der Waals surface area (Å²) in [7, 11) is 0. The monoisotopic (exact) mass is 300 g/mol. The van der Waals surface area contributed by atoms with Crippen molar-refractivity contribution in [2.45, 2.75) is 20.5 Å². The van der Waals surface area contributed by atoms with Gasteiger partial charge in [0.15, 0.2) is 3.95 Å². The number of para-hydroxylation sites is 1. The Morgan fingerprint density at radius 1 is 1.15 bits per heavy atom. The summed E-state index contributed by atoms with van der Waals surface area (Å²) in [6.45, 7) is 4.94. The summed E-state index contributed by atoms with van der Waals surface area (Å²) in [6.07, 6.45) is 0. The van der Waals surface area contributed by atoms with E-state index < -0.39 is 0 Å². The standard InChI is InChI=1S/C16H16N2S2/c1-11-7-8-13(12(2)9-11)17-10-18-14-5-3-4-6-15(14)20-16(18)19/h3-9,17H,10H2,1-2H3. The van der Waals surface area contributed by atoms with Gasteiger partial charge in [-0.1, -0.05) is 29.8 Å². The van der Waals surface area contributed by atoms with Gasteiger partial charge in [0.2, 0.25) is 0 Å². The Balaban J connectivity index is 1.90. The molecule has 0 saturated heterocycles. The van der Waals surface area contributed by atoms with E-state index in [1.54, 1.807) is 11.3 Å². The number of hydrogen-bond donors (Lipinski definition) is 1. The van der Waals surface area contributed by atoms with Gasteiger partial charge < -0.3 is 9.88 Å². The summed E-state index contributed by atoms with van der Waals surface area (Å²) >= 11 is 7.12. The van der Waals surface area contributed by atoms with Crippen LogP contribution < -0.4 is 5.32 Å². The van der Waals surface area contributed by atoms with Crippen LogP contribution in [0.1, 0.15) is 11.1 Å². The maximum Gasteiger partial charge on any atom is 0.163 e. The molecule has 102 valence electrons. The number of nitrogens with zero attached hydrogens (tertiary/aromatic N) is 1. The van der Waals surface area contributed by atoms with Crippen LogP contribution >= 0.6 is 23.6 Å². The molecule has 3 rings (SSSR count). The van der Waals surface area contributed by atoms with Gasteiger partial charge in [-0.05, 0) is 49.8 Å². The average Bonchev–Trinajstić information content (AvgIpc) is 2.74. The molecule has 0 amide bonds. The molecule has 4 heteroatoms. The highest BCUT2D eigenvalue weighted by atomic mass is 32.1. The summed E-state index contributed by atoms with van der Waals surface area (Å²) in [6, 6.07) is 14.8. The molecular formula is C16H16N2S2. The minimum absolute atomic E-state index is 0.701. The van der Waals surface area contributed by atoms with E-state index in [0.717, 1.165) is 9.64 Å². The van der Waals surface area contributed by atoms with Gasteiger partial charge in [-0.25, -0.2) is 0 Å². The quantitative estimate of drug-likeness (QED) is 0.676. The van der Waals surface area contributed by atoms with Gasteiger partial charge in [-0.2, -0.15) is 0 Å². The molecule has 0 unspecified atom stereocenters. The fourth-order valence-electron chi connectivity index (χ4n) is 2.34. The Bertz CT molecular complexity index is 815. The lowest BCUT2D eigenvalue weighted by atomic mass is 10.1. The molecule has 0 fully saturated rings. The largest absolute Gasteiger partial charge is 0.367 e. The van der Waals surface area contributed by atoms with Crippen LogP contribution in [0, 0.1) is 17.8 Å². The summed E-state index contributed by atoms with van der Waals surface area (Å²) in [5, 5.41) is 3.48. The maximum atomic E-state index is 5.46. The number of aryl methyl sites for hydroxylation is 2. The van der Waals surface area contributed by atoms with Crippen LogP contribution in [0.4, 0.5) is 5.69 Å². The summed E-state index contributed by atoms with van der Waals surface area (Å²) in [5.41, 5.74) is 4.90. The van der Waals surface area contributed by atoms with Crippen LogP contribution in [0.2, 0.25) is 0 Å². The molecule has 0 saturated carbocycles. The molecular weight excluding hydrogens is 284 g/mol. The molecule has 2 nitrogen and oxygen atoms in total. The molecule has 0 aliphatic heterocycles. The first kappa shape index (κ1) is 13.3. The normalized spacial score (nSPS) is 10.9. The third kappa shape index (κ3) is 2.49. The van der Waals surface area contributed by atoms with Crippen LogP contribution in [0.15, 0.2) is 42.5 Å². The van der Waals surface area contributed by atoms with Crippen LogP contribution in [0.25, 0.3) is 10.2 Å². The number of rotatable bonds is 3. The third-order valence-corrected chi connectivity index (χ3v) is 4.81. The lowest BCUT2D eigenvalue weighted by Crippen LogP contribution is -2.08. The zero-order valence-electron chi connectivity index (χ0n) is 11.5. The van der Waals surface area contributed by atoms with Crippen molar-refractivity contribution in [2.75, 3.05) is 5.32 Å². The van der Waals surface area contributed by atoms with Gasteiger partial charge in [0.25, 0.3) is 0 Å². The Kier molecular flexibility index (Phi) is 3.59. The predicted molar refractivity (Wildman–Crippen MR) is 90.2 cm³/mol. The van der Waals surface area contributed by atoms with E-state index in [-0.39, 0.29) is 0 Å². The number of fused-ring (bicyclic) bond motifs is 1. The number of thiazole rings is 1. The second-order valence-corrected chi connectivity index (χ2v) is 6.59. The molecule has 1 aromatic heterocycles. The van der Waals surface area contributed by atoms with Gasteiger partial charge in [0.05, 0.1) is 16.9 Å². The lowest BCUT2D eigenvalue weighted by Gasteiger charge is -2.11. The highest BCUT2D eigenvalue weighted by Crippen LogP contribution is 2.23. The molecule has 20 heavy (non-hydrogen) atoms.